The molecule has 1 heterocycles. The second-order valence-electron chi connectivity index (χ2n) is 4.68. The Bertz CT molecular complexity index is 384. The van der Waals surface area contributed by atoms with Crippen molar-refractivity contribution in [1.82, 2.24) is 9.80 Å². The Morgan fingerprint density at radius 1 is 1.24 bits per heavy atom. The summed E-state index contributed by atoms with van der Waals surface area (Å²) in [6.45, 7) is 5.29. The molecule has 0 spiro atoms. The van der Waals surface area contributed by atoms with Crippen molar-refractivity contribution < 1.29 is 5.11 Å². The first-order chi connectivity index (χ1) is 8.16. The van der Waals surface area contributed by atoms with Gasteiger partial charge in [-0.05, 0) is 48.6 Å². The van der Waals surface area contributed by atoms with Crippen molar-refractivity contribution in [3.8, 4) is 5.75 Å². The highest BCUT2D eigenvalue weighted by atomic mass is 79.9. The number of nitrogens with zero attached hydrogens (tertiary/aromatic N) is 2. The van der Waals surface area contributed by atoms with Crippen LogP contribution in [0, 0.1) is 0 Å². The molecule has 1 fully saturated rings. The van der Waals surface area contributed by atoms with Crippen molar-refractivity contribution in [1.29, 1.82) is 0 Å². The van der Waals surface area contributed by atoms with Gasteiger partial charge in [0.05, 0.1) is 4.47 Å². The smallest absolute Gasteiger partial charge is 0.134 e. The quantitative estimate of drug-likeness (QED) is 0.907. The molecular weight excluding hydrogens is 280 g/mol. The second kappa shape index (κ2) is 5.85. The van der Waals surface area contributed by atoms with Gasteiger partial charge in [0.1, 0.15) is 5.75 Å². The first-order valence-corrected chi connectivity index (χ1v) is 6.83. The Morgan fingerprint density at radius 3 is 2.88 bits per heavy atom. The van der Waals surface area contributed by atoms with Crippen LogP contribution in [0.1, 0.15) is 12.0 Å². The molecule has 0 unspecified atom stereocenters. The third kappa shape index (κ3) is 3.44. The summed E-state index contributed by atoms with van der Waals surface area (Å²) in [5.41, 5.74) is 1.00. The van der Waals surface area contributed by atoms with Crippen LogP contribution < -0.4 is 0 Å². The van der Waals surface area contributed by atoms with Gasteiger partial charge in [-0.25, -0.2) is 0 Å². The molecule has 0 saturated carbocycles. The minimum atomic E-state index is 0.380. The molecule has 3 nitrogen and oxygen atoms in total. The molecule has 0 atom stereocenters. The molecule has 1 aliphatic rings. The van der Waals surface area contributed by atoms with Gasteiger partial charge in [-0.1, -0.05) is 12.1 Å². The minimum Gasteiger partial charge on any atom is -0.506 e. The Hall–Kier alpha value is -0.580. The van der Waals surface area contributed by atoms with E-state index >= 15 is 0 Å². The number of rotatable bonds is 2. The highest BCUT2D eigenvalue weighted by molar-refractivity contribution is 9.10. The normalized spacial score (nSPS) is 19.2. The van der Waals surface area contributed by atoms with E-state index in [0.717, 1.165) is 36.2 Å². The van der Waals surface area contributed by atoms with Crippen LogP contribution in [0.25, 0.3) is 0 Å². The van der Waals surface area contributed by atoms with E-state index in [-0.39, 0.29) is 0 Å². The highest BCUT2D eigenvalue weighted by Crippen LogP contribution is 2.28. The Labute approximate surface area is 111 Å². The average molecular weight is 299 g/mol. The Balaban J connectivity index is 2.02. The van der Waals surface area contributed by atoms with Crippen molar-refractivity contribution in [2.24, 2.45) is 0 Å². The SMILES string of the molecule is CN1CCCN(Cc2cccc(Br)c2O)CC1. The molecule has 0 radical (unpaired) electrons. The van der Waals surface area contributed by atoms with Crippen LogP contribution in [0.4, 0.5) is 0 Å². The van der Waals surface area contributed by atoms with E-state index in [9.17, 15) is 5.11 Å². The third-order valence-corrected chi connectivity index (χ3v) is 3.92. The lowest BCUT2D eigenvalue weighted by atomic mass is 10.2. The maximum atomic E-state index is 9.97. The predicted octanol–water partition coefficient (Wildman–Crippen LogP) is 2.29. The number of benzene rings is 1. The fourth-order valence-corrected chi connectivity index (χ4v) is 2.59. The minimum absolute atomic E-state index is 0.380. The van der Waals surface area contributed by atoms with Crippen LogP contribution in [0.15, 0.2) is 22.7 Å². The maximum absolute atomic E-state index is 9.97. The van der Waals surface area contributed by atoms with E-state index in [1.165, 1.54) is 13.0 Å². The van der Waals surface area contributed by atoms with E-state index in [2.05, 4.69) is 32.8 Å². The fraction of sp³-hybridized carbons (Fsp3) is 0.538. The molecule has 1 aliphatic heterocycles. The van der Waals surface area contributed by atoms with Crippen molar-refractivity contribution in [3.63, 3.8) is 0 Å². The van der Waals surface area contributed by atoms with Crippen molar-refractivity contribution in [3.05, 3.63) is 28.2 Å². The third-order valence-electron chi connectivity index (χ3n) is 3.28. The predicted molar refractivity (Wildman–Crippen MR) is 73.2 cm³/mol. The summed E-state index contributed by atoms with van der Waals surface area (Å²) in [4.78, 5) is 4.77. The molecule has 4 heteroatoms. The van der Waals surface area contributed by atoms with Crippen LogP contribution >= 0.6 is 15.9 Å². The molecular formula is C13H19BrN2O. The van der Waals surface area contributed by atoms with E-state index in [0.29, 0.717) is 5.75 Å². The number of hydrogen-bond donors (Lipinski definition) is 1. The summed E-state index contributed by atoms with van der Waals surface area (Å²) in [6, 6.07) is 5.84. The topological polar surface area (TPSA) is 26.7 Å². The van der Waals surface area contributed by atoms with Crippen LogP contribution in [-0.2, 0) is 6.54 Å². The van der Waals surface area contributed by atoms with Gasteiger partial charge in [-0.2, -0.15) is 0 Å². The van der Waals surface area contributed by atoms with Crippen LogP contribution in [0.2, 0.25) is 0 Å². The van der Waals surface area contributed by atoms with Crippen molar-refractivity contribution >= 4 is 15.9 Å². The molecule has 0 aromatic heterocycles. The van der Waals surface area contributed by atoms with Gasteiger partial charge in [0, 0.05) is 25.2 Å². The van der Waals surface area contributed by atoms with Gasteiger partial charge in [0.25, 0.3) is 0 Å². The van der Waals surface area contributed by atoms with Gasteiger partial charge in [0.2, 0.25) is 0 Å². The van der Waals surface area contributed by atoms with E-state index in [1.807, 2.05) is 18.2 Å². The zero-order valence-corrected chi connectivity index (χ0v) is 11.8. The summed E-state index contributed by atoms with van der Waals surface area (Å²) in [5.74, 6) is 0.380. The Morgan fingerprint density at radius 2 is 2.06 bits per heavy atom. The molecule has 1 N–H and O–H groups in total. The van der Waals surface area contributed by atoms with Crippen molar-refractivity contribution in [2.45, 2.75) is 13.0 Å². The zero-order chi connectivity index (χ0) is 12.3. The summed E-state index contributed by atoms with van der Waals surface area (Å²) >= 11 is 3.36. The maximum Gasteiger partial charge on any atom is 0.134 e. The highest BCUT2D eigenvalue weighted by Gasteiger charge is 2.14. The number of hydrogen-bond acceptors (Lipinski definition) is 3. The summed E-state index contributed by atoms with van der Waals surface area (Å²) in [7, 11) is 2.17. The molecule has 94 valence electrons. The molecule has 0 amide bonds. The number of aromatic hydroxyl groups is 1. The van der Waals surface area contributed by atoms with Gasteiger partial charge in [-0.3, -0.25) is 4.90 Å². The molecule has 1 aromatic carbocycles. The van der Waals surface area contributed by atoms with E-state index in [4.69, 9.17) is 0 Å². The second-order valence-corrected chi connectivity index (χ2v) is 5.53. The monoisotopic (exact) mass is 298 g/mol. The van der Waals surface area contributed by atoms with Gasteiger partial charge < -0.3 is 10.0 Å². The zero-order valence-electron chi connectivity index (χ0n) is 10.2. The first-order valence-electron chi connectivity index (χ1n) is 6.04. The number of phenolic OH excluding ortho intramolecular Hbond substituents is 1. The van der Waals surface area contributed by atoms with Crippen LogP contribution in [0.3, 0.4) is 0 Å². The van der Waals surface area contributed by atoms with Gasteiger partial charge >= 0.3 is 0 Å². The number of likely N-dealkylation sites (N-methyl/N-ethyl adjacent to an activating group) is 1. The lowest BCUT2D eigenvalue weighted by Crippen LogP contribution is -2.28. The van der Waals surface area contributed by atoms with Crippen LogP contribution in [-0.4, -0.2) is 48.1 Å². The number of phenols is 1. The van der Waals surface area contributed by atoms with Gasteiger partial charge in [0.15, 0.2) is 0 Å². The standard InChI is InChI=1S/C13H19BrN2O/c1-15-6-3-7-16(9-8-15)10-11-4-2-5-12(14)13(11)17/h2,4-5,17H,3,6-10H2,1H3. The van der Waals surface area contributed by atoms with E-state index in [1.54, 1.807) is 0 Å². The molecule has 0 bridgehead atoms. The Kier molecular flexibility index (Phi) is 4.42. The summed E-state index contributed by atoms with van der Waals surface area (Å²) in [6.07, 6.45) is 1.20. The largest absolute Gasteiger partial charge is 0.506 e. The van der Waals surface area contributed by atoms with Crippen LogP contribution in [0.5, 0.6) is 5.75 Å². The average Bonchev–Trinajstić information content (AvgIpc) is 2.50. The lowest BCUT2D eigenvalue weighted by molar-refractivity contribution is 0.266. The van der Waals surface area contributed by atoms with E-state index < -0.39 is 0 Å². The molecule has 1 aromatic rings. The molecule has 1 saturated heterocycles. The summed E-state index contributed by atoms with van der Waals surface area (Å²) in [5, 5.41) is 9.97. The summed E-state index contributed by atoms with van der Waals surface area (Å²) < 4.78 is 0.780. The molecule has 2 rings (SSSR count). The molecule has 17 heavy (non-hydrogen) atoms. The van der Waals surface area contributed by atoms with Crippen molar-refractivity contribution in [2.75, 3.05) is 33.2 Å². The lowest BCUT2D eigenvalue weighted by Gasteiger charge is -2.20. The number of para-hydroxylation sites is 1. The molecule has 0 aliphatic carbocycles. The first kappa shape index (κ1) is 12.9. The van der Waals surface area contributed by atoms with Gasteiger partial charge in [-0.15, -0.1) is 0 Å². The fourth-order valence-electron chi connectivity index (χ4n) is 2.19. The number of halogens is 1.